The molecule has 1 saturated carbocycles. The van der Waals surface area contributed by atoms with Crippen molar-refractivity contribution in [1.29, 1.82) is 0 Å². The molecule has 0 bridgehead atoms. The Balaban J connectivity index is 1.47. The Labute approximate surface area is 176 Å². The molecule has 4 rings (SSSR count). The number of hydrogen-bond acceptors (Lipinski definition) is 2. The zero-order chi connectivity index (χ0) is 21.3. The van der Waals surface area contributed by atoms with Gasteiger partial charge in [0.2, 0.25) is 11.6 Å². The van der Waals surface area contributed by atoms with Crippen LogP contribution in [0.5, 0.6) is 17.2 Å². The van der Waals surface area contributed by atoms with Crippen molar-refractivity contribution in [2.24, 2.45) is 11.8 Å². The lowest BCUT2D eigenvalue weighted by atomic mass is 9.78. The summed E-state index contributed by atoms with van der Waals surface area (Å²) < 4.78 is 54.1. The van der Waals surface area contributed by atoms with Gasteiger partial charge < -0.3 is 9.47 Å². The molecule has 0 aromatic heterocycles. The summed E-state index contributed by atoms with van der Waals surface area (Å²) >= 11 is 0. The van der Waals surface area contributed by atoms with Gasteiger partial charge in [0.15, 0.2) is 23.1 Å². The fraction of sp³-hybridized carbons (Fsp3) is 0.520. The van der Waals surface area contributed by atoms with Crippen molar-refractivity contribution in [1.82, 2.24) is 0 Å². The van der Waals surface area contributed by atoms with Crippen LogP contribution in [0.2, 0.25) is 0 Å². The molecule has 1 aliphatic carbocycles. The van der Waals surface area contributed by atoms with Crippen LogP contribution in [0.25, 0.3) is 0 Å². The van der Waals surface area contributed by atoms with Gasteiger partial charge >= 0.3 is 0 Å². The lowest BCUT2D eigenvalue weighted by molar-refractivity contribution is 0.251. The van der Waals surface area contributed by atoms with E-state index in [4.69, 9.17) is 9.47 Å². The molecule has 0 amide bonds. The van der Waals surface area contributed by atoms with E-state index in [1.807, 2.05) is 12.1 Å². The monoisotopic (exact) mass is 418 g/mol. The lowest BCUT2D eigenvalue weighted by Crippen LogP contribution is -2.15. The first-order valence-electron chi connectivity index (χ1n) is 11.0. The topological polar surface area (TPSA) is 18.5 Å². The van der Waals surface area contributed by atoms with Crippen molar-refractivity contribution in [2.45, 2.75) is 64.7 Å². The van der Waals surface area contributed by atoms with Crippen molar-refractivity contribution in [3.63, 3.8) is 0 Å². The molecule has 162 valence electrons. The zero-order valence-corrected chi connectivity index (χ0v) is 17.7. The molecule has 0 atom stereocenters. The van der Waals surface area contributed by atoms with E-state index < -0.39 is 17.5 Å². The first-order valence-corrected chi connectivity index (χ1v) is 11.0. The Morgan fingerprint density at radius 2 is 1.57 bits per heavy atom. The molecular formula is C25H29F3O2. The Kier molecular flexibility index (Phi) is 6.26. The number of benzene rings is 2. The Hall–Kier alpha value is -2.17. The Morgan fingerprint density at radius 3 is 2.23 bits per heavy atom. The van der Waals surface area contributed by atoms with Crippen molar-refractivity contribution in [3.05, 3.63) is 52.3 Å². The third-order valence-electron chi connectivity index (χ3n) is 6.75. The molecule has 0 saturated heterocycles. The molecule has 1 fully saturated rings. The highest BCUT2D eigenvalue weighted by Gasteiger charge is 2.29. The minimum Gasteiger partial charge on any atom is -0.494 e. The van der Waals surface area contributed by atoms with Crippen LogP contribution in [0.4, 0.5) is 13.2 Å². The summed E-state index contributed by atoms with van der Waals surface area (Å²) in [5, 5.41) is 0. The number of halogens is 3. The second-order valence-electron chi connectivity index (χ2n) is 8.71. The largest absolute Gasteiger partial charge is 0.494 e. The van der Waals surface area contributed by atoms with Crippen LogP contribution in [-0.4, -0.2) is 7.11 Å². The zero-order valence-electron chi connectivity index (χ0n) is 17.7. The van der Waals surface area contributed by atoms with E-state index in [9.17, 15) is 8.78 Å². The third-order valence-corrected chi connectivity index (χ3v) is 6.75. The van der Waals surface area contributed by atoms with Crippen LogP contribution < -0.4 is 9.47 Å². The van der Waals surface area contributed by atoms with Gasteiger partial charge in [-0.2, -0.15) is 8.78 Å². The van der Waals surface area contributed by atoms with E-state index >= 15 is 4.39 Å². The molecule has 2 aliphatic rings. The van der Waals surface area contributed by atoms with Gasteiger partial charge in [-0.25, -0.2) is 4.39 Å². The first-order chi connectivity index (χ1) is 14.5. The van der Waals surface area contributed by atoms with Gasteiger partial charge in [-0.05, 0) is 36.3 Å². The van der Waals surface area contributed by atoms with E-state index in [1.165, 1.54) is 51.7 Å². The maximum absolute atomic E-state index is 15.2. The van der Waals surface area contributed by atoms with Crippen molar-refractivity contribution < 1.29 is 22.6 Å². The minimum absolute atomic E-state index is 0.0233. The summed E-state index contributed by atoms with van der Waals surface area (Å²) in [5.41, 5.74) is 1.67. The summed E-state index contributed by atoms with van der Waals surface area (Å²) in [4.78, 5) is 0. The average molecular weight is 418 g/mol. The Bertz CT molecular complexity index is 917. The van der Waals surface area contributed by atoms with Crippen molar-refractivity contribution >= 4 is 0 Å². The predicted molar refractivity (Wildman–Crippen MR) is 111 cm³/mol. The van der Waals surface area contributed by atoms with Gasteiger partial charge in [0.1, 0.15) is 0 Å². The smallest absolute Gasteiger partial charge is 0.205 e. The second kappa shape index (κ2) is 8.91. The third kappa shape index (κ3) is 4.03. The van der Waals surface area contributed by atoms with Gasteiger partial charge in [-0.15, -0.1) is 0 Å². The van der Waals surface area contributed by atoms with E-state index in [0.29, 0.717) is 29.0 Å². The predicted octanol–water partition coefficient (Wildman–Crippen LogP) is 7.35. The van der Waals surface area contributed by atoms with Gasteiger partial charge in [0.25, 0.3) is 0 Å². The highest BCUT2D eigenvalue weighted by molar-refractivity contribution is 5.54. The van der Waals surface area contributed by atoms with Crippen molar-refractivity contribution in [2.75, 3.05) is 7.11 Å². The van der Waals surface area contributed by atoms with E-state index in [0.717, 1.165) is 12.3 Å². The van der Waals surface area contributed by atoms with E-state index in [-0.39, 0.29) is 23.7 Å². The summed E-state index contributed by atoms with van der Waals surface area (Å²) in [6, 6.07) is 5.06. The van der Waals surface area contributed by atoms with Crippen LogP contribution in [0.3, 0.4) is 0 Å². The maximum Gasteiger partial charge on any atom is 0.205 e. The molecule has 1 heterocycles. The molecule has 30 heavy (non-hydrogen) atoms. The van der Waals surface area contributed by atoms with Crippen LogP contribution in [0, 0.1) is 29.3 Å². The fourth-order valence-corrected chi connectivity index (χ4v) is 4.99. The van der Waals surface area contributed by atoms with Crippen LogP contribution in [-0.2, 0) is 12.8 Å². The number of fused-ring (bicyclic) bond motifs is 2. The minimum atomic E-state index is -1.14. The second-order valence-corrected chi connectivity index (χ2v) is 8.71. The highest BCUT2D eigenvalue weighted by Crippen LogP contribution is 2.44. The number of aryl methyl sites for hydroxylation is 1. The molecule has 0 spiro atoms. The average Bonchev–Trinajstić information content (AvgIpc) is 2.76. The quantitative estimate of drug-likeness (QED) is 0.417. The van der Waals surface area contributed by atoms with E-state index in [2.05, 4.69) is 6.92 Å². The molecule has 5 heteroatoms. The van der Waals surface area contributed by atoms with Crippen LogP contribution in [0.15, 0.2) is 18.2 Å². The Morgan fingerprint density at radius 1 is 0.900 bits per heavy atom. The van der Waals surface area contributed by atoms with Gasteiger partial charge in [-0.3, -0.25) is 0 Å². The maximum atomic E-state index is 15.2. The first kappa shape index (κ1) is 21.1. The molecule has 0 N–H and O–H groups in total. The summed E-state index contributed by atoms with van der Waals surface area (Å²) in [6.07, 6.45) is 9.41. The molecule has 2 nitrogen and oxygen atoms in total. The van der Waals surface area contributed by atoms with Gasteiger partial charge in [-0.1, -0.05) is 57.6 Å². The number of rotatable bonds is 6. The summed E-state index contributed by atoms with van der Waals surface area (Å²) in [7, 11) is 1.28. The van der Waals surface area contributed by atoms with E-state index in [1.54, 1.807) is 0 Å². The van der Waals surface area contributed by atoms with Crippen molar-refractivity contribution in [3.8, 4) is 17.2 Å². The fourth-order valence-electron chi connectivity index (χ4n) is 4.99. The number of hydrogen-bond donors (Lipinski definition) is 0. The molecule has 1 aliphatic heterocycles. The summed E-state index contributed by atoms with van der Waals surface area (Å²) in [5.74, 6) is -1.61. The summed E-state index contributed by atoms with van der Waals surface area (Å²) in [6.45, 7) is 2.24. The SMILES string of the molecule is CCCC1CCC(CCc2ccc3c(c2F)Oc2c(cc(OC)c(F)c2F)C3)CC1. The van der Waals surface area contributed by atoms with Gasteiger partial charge in [0.05, 0.1) is 7.11 Å². The molecule has 2 aromatic carbocycles. The standard InChI is InChI=1S/C25H29F3O2/c1-3-4-15-5-7-16(8-6-15)9-10-17-11-12-18-13-19-14-20(29-2)22(27)23(28)25(19)30-24(18)21(17)26/h11-12,14-16H,3-10,13H2,1-2H3. The van der Waals surface area contributed by atoms with Crippen LogP contribution >= 0.6 is 0 Å². The molecule has 0 unspecified atom stereocenters. The number of methoxy groups -OCH3 is 1. The molecule has 0 radical (unpaired) electrons. The van der Waals surface area contributed by atoms with Crippen LogP contribution in [0.1, 0.15) is 68.6 Å². The highest BCUT2D eigenvalue weighted by atomic mass is 19.2. The number of ether oxygens (including phenoxy) is 2. The van der Waals surface area contributed by atoms with Gasteiger partial charge in [0, 0.05) is 17.5 Å². The normalized spacial score (nSPS) is 20.3. The molecule has 2 aromatic rings. The molecular weight excluding hydrogens is 389 g/mol. The lowest BCUT2D eigenvalue weighted by Gasteiger charge is -2.28.